The van der Waals surface area contributed by atoms with E-state index in [9.17, 15) is 0 Å². The van der Waals surface area contributed by atoms with Crippen LogP contribution in [-0.4, -0.2) is 11.0 Å². The standard InChI is InChI=1S/C4H5S2/c1-4-2-3-5-6-4/h4H,2-3H2. The van der Waals surface area contributed by atoms with Gasteiger partial charge in [0.2, 0.25) is 0 Å². The summed E-state index contributed by atoms with van der Waals surface area (Å²) in [4.78, 5) is 0. The lowest BCUT2D eigenvalue weighted by atomic mass is 10.4. The Hall–Kier alpha value is 0.700. The van der Waals surface area contributed by atoms with Gasteiger partial charge in [-0.3, -0.25) is 0 Å². The summed E-state index contributed by atoms with van der Waals surface area (Å²) in [5.74, 6) is 1.18. The first-order valence-corrected chi connectivity index (χ1v) is 4.27. The van der Waals surface area contributed by atoms with Crippen LogP contribution in [0, 0.1) is 6.92 Å². The molecule has 1 saturated heterocycles. The van der Waals surface area contributed by atoms with Crippen LogP contribution >= 0.6 is 21.6 Å². The molecule has 1 fully saturated rings. The van der Waals surface area contributed by atoms with Gasteiger partial charge in [-0.15, -0.1) is 0 Å². The van der Waals surface area contributed by atoms with E-state index in [1.807, 2.05) is 10.8 Å². The van der Waals surface area contributed by atoms with Crippen molar-refractivity contribution >= 4 is 21.6 Å². The maximum atomic E-state index is 7.07. The van der Waals surface area contributed by atoms with Crippen LogP contribution < -0.4 is 0 Å². The van der Waals surface area contributed by atoms with Crippen LogP contribution in [-0.2, 0) is 0 Å². The van der Waals surface area contributed by atoms with Gasteiger partial charge in [-0.2, -0.15) is 0 Å². The summed E-state index contributed by atoms with van der Waals surface area (Å²) < 4.78 is 0. The van der Waals surface area contributed by atoms with Crippen molar-refractivity contribution in [3.63, 3.8) is 0 Å². The zero-order valence-electron chi connectivity index (χ0n) is 3.31. The van der Waals surface area contributed by atoms with Gasteiger partial charge >= 0.3 is 0 Å². The molecule has 0 aromatic rings. The highest BCUT2D eigenvalue weighted by atomic mass is 33.1. The maximum absolute atomic E-state index is 7.07. The Kier molecular flexibility index (Phi) is 1.72. The van der Waals surface area contributed by atoms with Crippen molar-refractivity contribution in [3.8, 4) is 0 Å². The Morgan fingerprint density at radius 2 is 2.50 bits per heavy atom. The van der Waals surface area contributed by atoms with Gasteiger partial charge in [-0.1, -0.05) is 21.6 Å². The molecule has 6 heavy (non-hydrogen) atoms. The summed E-state index contributed by atoms with van der Waals surface area (Å²) in [5, 5.41) is 0.176. The third-order valence-electron chi connectivity index (χ3n) is 0.648. The van der Waals surface area contributed by atoms with E-state index in [4.69, 9.17) is 6.92 Å². The highest BCUT2D eigenvalue weighted by molar-refractivity contribution is 8.77. The topological polar surface area (TPSA) is 0 Å². The van der Waals surface area contributed by atoms with E-state index in [1.54, 1.807) is 10.8 Å². The molecule has 1 aliphatic rings. The predicted octanol–water partition coefficient (Wildman–Crippen LogP) is 1.73. The molecule has 1 heterocycles. The number of hydrogen-bond donors (Lipinski definition) is 0. The SMILES string of the molecule is [C]C1CCSS1. The van der Waals surface area contributed by atoms with Crippen LogP contribution in [0.1, 0.15) is 6.42 Å². The Morgan fingerprint density at radius 1 is 1.67 bits per heavy atom. The second-order valence-electron chi connectivity index (χ2n) is 1.20. The smallest absolute Gasteiger partial charge is 0.0234 e. The van der Waals surface area contributed by atoms with Crippen LogP contribution in [0.4, 0.5) is 0 Å². The van der Waals surface area contributed by atoms with E-state index in [2.05, 4.69) is 0 Å². The van der Waals surface area contributed by atoms with Crippen molar-refractivity contribution in [2.75, 3.05) is 5.75 Å². The first-order chi connectivity index (χ1) is 2.89. The van der Waals surface area contributed by atoms with Crippen LogP contribution in [0.25, 0.3) is 0 Å². The summed E-state index contributed by atoms with van der Waals surface area (Å²) in [5.41, 5.74) is 0. The molecule has 0 N–H and O–H groups in total. The minimum absolute atomic E-state index is 0.176. The summed E-state index contributed by atoms with van der Waals surface area (Å²) in [6, 6.07) is 0. The second kappa shape index (κ2) is 2.12. The molecular formula is C4H5S2. The molecule has 0 saturated carbocycles. The van der Waals surface area contributed by atoms with E-state index in [0.29, 0.717) is 0 Å². The molecule has 0 nitrogen and oxygen atoms in total. The van der Waals surface area contributed by atoms with Crippen molar-refractivity contribution in [2.45, 2.75) is 11.7 Å². The minimum atomic E-state index is 0.176. The normalized spacial score (nSPS) is 34.5. The molecular weight excluding hydrogens is 112 g/mol. The third kappa shape index (κ3) is 1.09. The van der Waals surface area contributed by atoms with Gasteiger partial charge in [-0.05, 0) is 6.42 Å². The van der Waals surface area contributed by atoms with Gasteiger partial charge in [0.25, 0.3) is 0 Å². The molecule has 33 valence electrons. The van der Waals surface area contributed by atoms with Crippen LogP contribution in [0.15, 0.2) is 0 Å². The molecule has 2 heteroatoms. The zero-order chi connectivity index (χ0) is 4.41. The van der Waals surface area contributed by atoms with Gasteiger partial charge in [0.15, 0.2) is 0 Å². The Bertz CT molecular complexity index is 38.8. The zero-order valence-corrected chi connectivity index (χ0v) is 4.94. The molecule has 0 aromatic carbocycles. The van der Waals surface area contributed by atoms with E-state index in [-0.39, 0.29) is 5.25 Å². The Balaban J connectivity index is 2.18. The predicted molar refractivity (Wildman–Crippen MR) is 31.7 cm³/mol. The molecule has 0 spiro atoms. The van der Waals surface area contributed by atoms with Gasteiger partial charge in [0, 0.05) is 17.9 Å². The van der Waals surface area contributed by atoms with Gasteiger partial charge in [0.1, 0.15) is 0 Å². The highest BCUT2D eigenvalue weighted by Gasteiger charge is 2.09. The molecule has 0 bridgehead atoms. The molecule has 1 aliphatic heterocycles. The number of hydrogen-bond acceptors (Lipinski definition) is 2. The van der Waals surface area contributed by atoms with Crippen molar-refractivity contribution in [1.82, 2.24) is 0 Å². The molecule has 0 aromatic heterocycles. The van der Waals surface area contributed by atoms with E-state index < -0.39 is 0 Å². The van der Waals surface area contributed by atoms with Crippen molar-refractivity contribution in [3.05, 3.63) is 6.92 Å². The van der Waals surface area contributed by atoms with E-state index >= 15 is 0 Å². The van der Waals surface area contributed by atoms with Gasteiger partial charge in [0.05, 0.1) is 0 Å². The average Bonchev–Trinajstić information content (AvgIpc) is 1.86. The lowest BCUT2D eigenvalue weighted by Gasteiger charge is -1.88. The van der Waals surface area contributed by atoms with Gasteiger partial charge in [-0.25, -0.2) is 0 Å². The summed E-state index contributed by atoms with van der Waals surface area (Å²) in [6.45, 7) is 7.07. The molecule has 3 radical (unpaired) electrons. The van der Waals surface area contributed by atoms with Crippen molar-refractivity contribution in [1.29, 1.82) is 0 Å². The molecule has 1 unspecified atom stereocenters. The third-order valence-corrected chi connectivity index (χ3v) is 3.26. The lowest BCUT2D eigenvalue weighted by Crippen LogP contribution is -1.85. The first-order valence-electron chi connectivity index (χ1n) is 1.89. The fraction of sp³-hybridized carbons (Fsp3) is 0.750. The van der Waals surface area contributed by atoms with Crippen molar-refractivity contribution < 1.29 is 0 Å². The fourth-order valence-corrected chi connectivity index (χ4v) is 2.65. The summed E-state index contributed by atoms with van der Waals surface area (Å²) >= 11 is 0. The minimum Gasteiger partial charge on any atom is -0.0938 e. The molecule has 0 aliphatic carbocycles. The largest absolute Gasteiger partial charge is 0.0938 e. The highest BCUT2D eigenvalue weighted by Crippen LogP contribution is 2.36. The summed E-state index contributed by atoms with van der Waals surface area (Å²) in [6.07, 6.45) is 1.08. The van der Waals surface area contributed by atoms with E-state index in [0.717, 1.165) is 6.42 Å². The first kappa shape index (κ1) is 4.85. The fourth-order valence-electron chi connectivity index (χ4n) is 0.334. The van der Waals surface area contributed by atoms with Crippen LogP contribution in [0.3, 0.4) is 0 Å². The van der Waals surface area contributed by atoms with Crippen molar-refractivity contribution in [2.24, 2.45) is 0 Å². The molecule has 0 amide bonds. The van der Waals surface area contributed by atoms with Crippen LogP contribution in [0.5, 0.6) is 0 Å². The van der Waals surface area contributed by atoms with E-state index in [1.165, 1.54) is 5.75 Å². The lowest BCUT2D eigenvalue weighted by molar-refractivity contribution is 1.01. The Morgan fingerprint density at radius 3 is 2.67 bits per heavy atom. The maximum Gasteiger partial charge on any atom is 0.0234 e. The molecule has 1 atom stereocenters. The quantitative estimate of drug-likeness (QED) is 0.443. The van der Waals surface area contributed by atoms with Gasteiger partial charge < -0.3 is 0 Å². The monoisotopic (exact) mass is 117 g/mol. The average molecular weight is 117 g/mol. The summed E-state index contributed by atoms with van der Waals surface area (Å²) in [7, 11) is 3.49. The Labute approximate surface area is 46.5 Å². The molecule has 1 rings (SSSR count). The number of rotatable bonds is 0. The van der Waals surface area contributed by atoms with Crippen LogP contribution in [0.2, 0.25) is 0 Å². The second-order valence-corrected chi connectivity index (χ2v) is 3.89.